The number of aryl methyl sites for hydroxylation is 2. The number of carbonyl (C=O) groups is 1. The van der Waals surface area contributed by atoms with Crippen molar-refractivity contribution in [1.29, 1.82) is 0 Å². The lowest BCUT2D eigenvalue weighted by molar-refractivity contribution is 0.183. The molecule has 24 heavy (non-hydrogen) atoms. The van der Waals surface area contributed by atoms with Crippen molar-refractivity contribution in [3.05, 3.63) is 53.6 Å². The number of ether oxygens (including phenoxy) is 1. The van der Waals surface area contributed by atoms with Crippen LogP contribution in [0.5, 0.6) is 11.5 Å². The van der Waals surface area contributed by atoms with Gasteiger partial charge in [0, 0.05) is 5.69 Å². The molecule has 2 aromatic rings. The maximum atomic E-state index is 12.3. The number of phenols is 1. The minimum atomic E-state index is -0.506. The monoisotopic (exact) mass is 328 g/mol. The third kappa shape index (κ3) is 4.65. The van der Waals surface area contributed by atoms with Gasteiger partial charge >= 0.3 is 6.03 Å². The average molecular weight is 328 g/mol. The lowest BCUT2D eigenvalue weighted by Crippen LogP contribution is -2.39. The molecule has 0 radical (unpaired) electrons. The molecule has 0 saturated heterocycles. The fraction of sp³-hybridized carbons (Fsp3) is 0.316. The fourth-order valence-electron chi connectivity index (χ4n) is 2.50. The largest absolute Gasteiger partial charge is 0.508 e. The van der Waals surface area contributed by atoms with Gasteiger partial charge in [-0.15, -0.1) is 0 Å². The van der Waals surface area contributed by atoms with Gasteiger partial charge in [0.15, 0.2) is 6.23 Å². The molecule has 5 heteroatoms. The molecule has 128 valence electrons. The second-order valence-corrected chi connectivity index (χ2v) is 5.51. The first-order chi connectivity index (χ1) is 11.5. The number of hydrogen-bond acceptors (Lipinski definition) is 3. The molecule has 0 spiro atoms. The van der Waals surface area contributed by atoms with Gasteiger partial charge in [0.2, 0.25) is 0 Å². The first-order valence-corrected chi connectivity index (χ1v) is 8.17. The number of hydrogen-bond donors (Lipinski definition) is 3. The van der Waals surface area contributed by atoms with Crippen LogP contribution >= 0.6 is 0 Å². The summed E-state index contributed by atoms with van der Waals surface area (Å²) >= 11 is 0. The normalized spacial score (nSPS) is 11.6. The molecule has 0 bridgehead atoms. The van der Waals surface area contributed by atoms with Crippen molar-refractivity contribution in [1.82, 2.24) is 5.32 Å². The number of nitrogens with one attached hydrogen (secondary N) is 2. The second-order valence-electron chi connectivity index (χ2n) is 5.51. The zero-order valence-corrected chi connectivity index (χ0v) is 14.3. The van der Waals surface area contributed by atoms with Crippen molar-refractivity contribution in [3.8, 4) is 11.5 Å². The Balaban J connectivity index is 1.99. The lowest BCUT2D eigenvalue weighted by Gasteiger charge is -2.19. The molecular formula is C19H24N2O3. The highest BCUT2D eigenvalue weighted by atomic mass is 16.5. The maximum Gasteiger partial charge on any atom is 0.322 e. The molecule has 0 heterocycles. The van der Waals surface area contributed by atoms with E-state index in [-0.39, 0.29) is 11.8 Å². The summed E-state index contributed by atoms with van der Waals surface area (Å²) in [7, 11) is 0. The fourth-order valence-corrected chi connectivity index (χ4v) is 2.50. The van der Waals surface area contributed by atoms with E-state index in [9.17, 15) is 9.90 Å². The zero-order chi connectivity index (χ0) is 17.5. The zero-order valence-electron chi connectivity index (χ0n) is 14.3. The number of rotatable bonds is 6. The molecule has 0 aliphatic rings. The van der Waals surface area contributed by atoms with Crippen molar-refractivity contribution in [2.24, 2.45) is 0 Å². The number of carbonyl (C=O) groups excluding carboxylic acids is 1. The number of benzene rings is 2. The van der Waals surface area contributed by atoms with Gasteiger partial charge < -0.3 is 20.5 Å². The van der Waals surface area contributed by atoms with E-state index < -0.39 is 6.23 Å². The van der Waals surface area contributed by atoms with Gasteiger partial charge in [-0.3, -0.25) is 0 Å². The van der Waals surface area contributed by atoms with Crippen LogP contribution < -0.4 is 15.4 Å². The Morgan fingerprint density at radius 3 is 2.21 bits per heavy atom. The summed E-state index contributed by atoms with van der Waals surface area (Å²) in [6.45, 7) is 5.88. The van der Waals surface area contributed by atoms with E-state index >= 15 is 0 Å². The van der Waals surface area contributed by atoms with Crippen LogP contribution in [0.2, 0.25) is 0 Å². The summed E-state index contributed by atoms with van der Waals surface area (Å²) in [6.07, 6.45) is 1.19. The van der Waals surface area contributed by atoms with Gasteiger partial charge in [-0.2, -0.15) is 0 Å². The topological polar surface area (TPSA) is 70.6 Å². The second kappa shape index (κ2) is 8.24. The first-order valence-electron chi connectivity index (χ1n) is 8.17. The Morgan fingerprint density at radius 2 is 1.67 bits per heavy atom. The Labute approximate surface area is 142 Å². The quantitative estimate of drug-likeness (QED) is 0.700. The molecular weight excluding hydrogens is 304 g/mol. The number of urea groups is 1. The number of phenolic OH excluding ortho intramolecular Hbond substituents is 1. The molecule has 0 aliphatic carbocycles. The van der Waals surface area contributed by atoms with Crippen LogP contribution in [0, 0.1) is 0 Å². The SMILES string of the molecule is CCc1cccc(CC)c1NC(=O)NC(C)Oc1ccc(O)cc1. The Hall–Kier alpha value is -2.69. The summed E-state index contributed by atoms with van der Waals surface area (Å²) in [5.74, 6) is 0.743. The molecule has 0 aromatic heterocycles. The van der Waals surface area contributed by atoms with E-state index in [0.29, 0.717) is 5.75 Å². The van der Waals surface area contributed by atoms with E-state index in [1.807, 2.05) is 18.2 Å². The number of para-hydroxylation sites is 1. The van der Waals surface area contributed by atoms with Crippen molar-refractivity contribution < 1.29 is 14.6 Å². The van der Waals surface area contributed by atoms with Crippen LogP contribution in [-0.2, 0) is 12.8 Å². The van der Waals surface area contributed by atoms with Gasteiger partial charge in [-0.25, -0.2) is 4.79 Å². The third-order valence-electron chi connectivity index (χ3n) is 3.72. The Morgan fingerprint density at radius 1 is 1.08 bits per heavy atom. The molecule has 2 amide bonds. The van der Waals surface area contributed by atoms with Crippen molar-refractivity contribution in [3.63, 3.8) is 0 Å². The molecule has 1 atom stereocenters. The van der Waals surface area contributed by atoms with Gasteiger partial charge in [0.05, 0.1) is 0 Å². The molecule has 5 nitrogen and oxygen atoms in total. The van der Waals surface area contributed by atoms with E-state index in [2.05, 4.69) is 24.5 Å². The summed E-state index contributed by atoms with van der Waals surface area (Å²) in [5.41, 5.74) is 3.09. The molecule has 0 aliphatic heterocycles. The van der Waals surface area contributed by atoms with Gasteiger partial charge in [-0.1, -0.05) is 32.0 Å². The number of aromatic hydroxyl groups is 1. The predicted molar refractivity (Wildman–Crippen MR) is 95.5 cm³/mol. The Bertz CT molecular complexity index is 661. The standard InChI is InChI=1S/C19H24N2O3/c1-4-14-7-6-8-15(5-2)18(14)21-19(23)20-13(3)24-17-11-9-16(22)10-12-17/h6-13,22H,4-5H2,1-3H3,(H2,20,21,23). The summed E-state index contributed by atoms with van der Waals surface area (Å²) in [4.78, 5) is 12.3. The highest BCUT2D eigenvalue weighted by Crippen LogP contribution is 2.22. The summed E-state index contributed by atoms with van der Waals surface area (Å²) in [6, 6.07) is 12.1. The smallest absolute Gasteiger partial charge is 0.322 e. The van der Waals surface area contributed by atoms with E-state index in [4.69, 9.17) is 4.74 Å². The molecule has 0 fully saturated rings. The maximum absolute atomic E-state index is 12.3. The van der Waals surface area contributed by atoms with Crippen molar-refractivity contribution >= 4 is 11.7 Å². The number of anilines is 1. The van der Waals surface area contributed by atoms with Gasteiger partial charge in [-0.05, 0) is 55.2 Å². The molecule has 2 aromatic carbocycles. The summed E-state index contributed by atoms with van der Waals surface area (Å²) < 4.78 is 5.61. The van der Waals surface area contributed by atoms with Crippen LogP contribution in [-0.4, -0.2) is 17.4 Å². The van der Waals surface area contributed by atoms with Crippen LogP contribution in [0.3, 0.4) is 0 Å². The van der Waals surface area contributed by atoms with Crippen LogP contribution in [0.15, 0.2) is 42.5 Å². The van der Waals surface area contributed by atoms with Gasteiger partial charge in [0.25, 0.3) is 0 Å². The molecule has 2 rings (SSSR count). The highest BCUT2D eigenvalue weighted by Gasteiger charge is 2.12. The summed E-state index contributed by atoms with van der Waals surface area (Å²) in [5, 5.41) is 15.0. The van der Waals surface area contributed by atoms with Crippen molar-refractivity contribution in [2.45, 2.75) is 39.8 Å². The predicted octanol–water partition coefficient (Wildman–Crippen LogP) is 4.06. The van der Waals surface area contributed by atoms with Crippen LogP contribution in [0.1, 0.15) is 31.9 Å². The molecule has 3 N–H and O–H groups in total. The highest BCUT2D eigenvalue weighted by molar-refractivity contribution is 5.91. The van der Waals surface area contributed by atoms with Crippen molar-refractivity contribution in [2.75, 3.05) is 5.32 Å². The minimum absolute atomic E-state index is 0.170. The average Bonchev–Trinajstić information content (AvgIpc) is 2.57. The van der Waals surface area contributed by atoms with E-state index in [1.54, 1.807) is 19.1 Å². The number of amides is 2. The van der Waals surface area contributed by atoms with E-state index in [1.165, 1.54) is 12.1 Å². The Kier molecular flexibility index (Phi) is 6.07. The third-order valence-corrected chi connectivity index (χ3v) is 3.72. The lowest BCUT2D eigenvalue weighted by atomic mass is 10.0. The van der Waals surface area contributed by atoms with Gasteiger partial charge in [0.1, 0.15) is 11.5 Å². The van der Waals surface area contributed by atoms with Crippen LogP contribution in [0.25, 0.3) is 0 Å². The molecule has 0 saturated carbocycles. The first kappa shape index (κ1) is 17.7. The van der Waals surface area contributed by atoms with Crippen LogP contribution in [0.4, 0.5) is 10.5 Å². The minimum Gasteiger partial charge on any atom is -0.508 e. The molecule has 1 unspecified atom stereocenters. The van der Waals surface area contributed by atoms with E-state index in [0.717, 1.165) is 29.7 Å².